The van der Waals surface area contributed by atoms with Crippen molar-refractivity contribution >= 4 is 40.3 Å². The van der Waals surface area contributed by atoms with E-state index in [1.165, 1.54) is 27.8 Å². The van der Waals surface area contributed by atoms with Gasteiger partial charge in [-0.2, -0.15) is 0 Å². The molecule has 0 spiro atoms. The Morgan fingerprint density at radius 1 is 0.565 bits per heavy atom. The van der Waals surface area contributed by atoms with Crippen molar-refractivity contribution < 1.29 is 0 Å². The van der Waals surface area contributed by atoms with Crippen molar-refractivity contribution in [3.63, 3.8) is 0 Å². The number of allylic oxidation sites excluding steroid dienone is 1. The van der Waals surface area contributed by atoms with Crippen molar-refractivity contribution in [3.8, 4) is 22.3 Å². The summed E-state index contributed by atoms with van der Waals surface area (Å²) >= 11 is 6.93. The highest BCUT2D eigenvalue weighted by Gasteiger charge is 2.26. The molecular weight excluding hydrogens is 578 g/mol. The molecule has 224 valence electrons. The summed E-state index contributed by atoms with van der Waals surface area (Å²) in [6, 6.07) is 51.4. The summed E-state index contributed by atoms with van der Waals surface area (Å²) in [7, 11) is 0. The highest BCUT2D eigenvalue weighted by Crippen LogP contribution is 2.42. The van der Waals surface area contributed by atoms with Crippen LogP contribution in [0.1, 0.15) is 42.5 Å². The first kappa shape index (κ1) is 29.6. The minimum Gasteiger partial charge on any atom is -0.310 e. The first-order valence-electron chi connectivity index (χ1n) is 15.8. The fourth-order valence-corrected chi connectivity index (χ4v) is 6.77. The van der Waals surface area contributed by atoms with Gasteiger partial charge in [0.25, 0.3) is 0 Å². The number of hydrogen-bond acceptors (Lipinski definition) is 1. The van der Waals surface area contributed by atoms with Gasteiger partial charge in [-0.05, 0) is 110 Å². The van der Waals surface area contributed by atoms with Crippen LogP contribution in [0.15, 0.2) is 158 Å². The van der Waals surface area contributed by atoms with Gasteiger partial charge in [0.15, 0.2) is 0 Å². The van der Waals surface area contributed by atoms with Gasteiger partial charge in [-0.15, -0.1) is 0 Å². The van der Waals surface area contributed by atoms with E-state index in [4.69, 9.17) is 11.6 Å². The lowest BCUT2D eigenvalue weighted by Gasteiger charge is -2.28. The van der Waals surface area contributed by atoms with E-state index in [-0.39, 0.29) is 5.41 Å². The third-order valence-corrected chi connectivity index (χ3v) is 9.22. The second-order valence-corrected chi connectivity index (χ2v) is 13.0. The summed E-state index contributed by atoms with van der Waals surface area (Å²) in [6.45, 7) is 9.28. The third-order valence-electron chi connectivity index (χ3n) is 9.01. The van der Waals surface area contributed by atoms with Gasteiger partial charge in [0.1, 0.15) is 0 Å². The summed E-state index contributed by atoms with van der Waals surface area (Å²) < 4.78 is 0. The predicted molar refractivity (Wildman–Crippen MR) is 198 cm³/mol. The zero-order chi connectivity index (χ0) is 31.7. The highest BCUT2D eigenvalue weighted by atomic mass is 35.5. The standard InChI is InChI=1S/C44H36ClN/c1-31-41-19-11-10-15-34(41)16-12-26-44(2,3)43-25-22-35(29-42(31)43)36-27-37(45)30-40(28-36)46(38-17-8-5-9-18-38)39-23-20-33(21-24-39)32-13-6-4-7-14-32/h4-25,27-30H,1,26H2,2-3H3/b16-12-. The maximum Gasteiger partial charge on any atom is 0.0482 e. The monoisotopic (exact) mass is 613 g/mol. The van der Waals surface area contributed by atoms with Gasteiger partial charge in [-0.3, -0.25) is 0 Å². The molecule has 0 radical (unpaired) electrons. The smallest absolute Gasteiger partial charge is 0.0482 e. The van der Waals surface area contributed by atoms with Gasteiger partial charge in [0.2, 0.25) is 0 Å². The molecule has 1 aliphatic rings. The van der Waals surface area contributed by atoms with E-state index in [2.05, 4.69) is 165 Å². The molecule has 0 saturated heterocycles. The number of halogens is 1. The fourth-order valence-electron chi connectivity index (χ4n) is 6.54. The zero-order valence-corrected chi connectivity index (χ0v) is 27.0. The Labute approximate surface area is 277 Å². The Kier molecular flexibility index (Phi) is 7.95. The molecule has 0 atom stereocenters. The first-order valence-corrected chi connectivity index (χ1v) is 16.2. The number of anilines is 3. The minimum absolute atomic E-state index is 0.0507. The zero-order valence-electron chi connectivity index (χ0n) is 26.3. The molecule has 0 aromatic heterocycles. The summed E-state index contributed by atoms with van der Waals surface area (Å²) in [5.74, 6) is 0. The number of para-hydroxylation sites is 1. The average molecular weight is 614 g/mol. The molecule has 1 aliphatic carbocycles. The van der Waals surface area contributed by atoms with Crippen LogP contribution in [0.4, 0.5) is 17.1 Å². The molecule has 1 nitrogen and oxygen atoms in total. The van der Waals surface area contributed by atoms with Crippen molar-refractivity contribution in [1.82, 2.24) is 0 Å². The third kappa shape index (κ3) is 5.83. The summed E-state index contributed by atoms with van der Waals surface area (Å²) in [5.41, 5.74) is 13.5. The Morgan fingerprint density at radius 2 is 1.20 bits per heavy atom. The van der Waals surface area contributed by atoms with Crippen LogP contribution in [-0.4, -0.2) is 0 Å². The molecule has 6 aromatic rings. The number of nitrogens with zero attached hydrogens (tertiary/aromatic N) is 1. The van der Waals surface area contributed by atoms with Crippen LogP contribution in [0.2, 0.25) is 5.02 Å². The summed E-state index contributed by atoms with van der Waals surface area (Å²) in [4.78, 5) is 2.27. The predicted octanol–water partition coefficient (Wildman–Crippen LogP) is 12.9. The molecule has 0 saturated carbocycles. The van der Waals surface area contributed by atoms with Crippen molar-refractivity contribution in [1.29, 1.82) is 0 Å². The topological polar surface area (TPSA) is 3.24 Å². The average Bonchev–Trinajstić information content (AvgIpc) is 3.12. The van der Waals surface area contributed by atoms with Gasteiger partial charge in [0.05, 0.1) is 0 Å². The summed E-state index contributed by atoms with van der Waals surface area (Å²) in [6.07, 6.45) is 5.48. The molecule has 0 bridgehead atoms. The van der Waals surface area contributed by atoms with Crippen LogP contribution in [0, 0.1) is 0 Å². The molecule has 2 heteroatoms. The number of fused-ring (bicyclic) bond motifs is 2. The maximum absolute atomic E-state index is 6.93. The second kappa shape index (κ2) is 12.4. The first-order chi connectivity index (χ1) is 22.4. The number of rotatable bonds is 5. The van der Waals surface area contributed by atoms with Gasteiger partial charge >= 0.3 is 0 Å². The van der Waals surface area contributed by atoms with E-state index in [0.717, 1.165) is 45.7 Å². The fraction of sp³-hybridized carbons (Fsp3) is 0.0909. The normalized spacial score (nSPS) is 14.3. The SMILES string of the molecule is C=C1c2ccccc2/C=C\CC(C)(C)c2ccc(-c3cc(Cl)cc(N(c4ccccc4)c4ccc(-c5ccccc5)cc4)c3)cc21. The van der Waals surface area contributed by atoms with E-state index in [9.17, 15) is 0 Å². The highest BCUT2D eigenvalue weighted by molar-refractivity contribution is 6.31. The van der Waals surface area contributed by atoms with Gasteiger partial charge in [-0.25, -0.2) is 0 Å². The van der Waals surface area contributed by atoms with Crippen molar-refractivity contribution in [3.05, 3.63) is 186 Å². The number of hydrogen-bond donors (Lipinski definition) is 0. The molecule has 6 aromatic carbocycles. The second-order valence-electron chi connectivity index (χ2n) is 12.6. The molecule has 0 unspecified atom stereocenters. The van der Waals surface area contributed by atoms with E-state index in [1.807, 2.05) is 18.2 Å². The molecule has 0 amide bonds. The molecule has 46 heavy (non-hydrogen) atoms. The lowest BCUT2D eigenvalue weighted by Crippen LogP contribution is -2.18. The van der Waals surface area contributed by atoms with Crippen molar-refractivity contribution in [2.24, 2.45) is 0 Å². The van der Waals surface area contributed by atoms with E-state index in [1.54, 1.807) is 0 Å². The lowest BCUT2D eigenvalue weighted by molar-refractivity contribution is 0.534. The Hall–Kier alpha value is -5.11. The molecule has 0 N–H and O–H groups in total. The van der Waals surface area contributed by atoms with E-state index < -0.39 is 0 Å². The van der Waals surface area contributed by atoms with Crippen LogP contribution >= 0.6 is 11.6 Å². The largest absolute Gasteiger partial charge is 0.310 e. The molecule has 0 heterocycles. The van der Waals surface area contributed by atoms with Gasteiger partial charge < -0.3 is 4.90 Å². The van der Waals surface area contributed by atoms with Gasteiger partial charge in [-0.1, -0.05) is 141 Å². The Balaban J connectivity index is 1.34. The van der Waals surface area contributed by atoms with E-state index in [0.29, 0.717) is 5.02 Å². The van der Waals surface area contributed by atoms with Gasteiger partial charge in [0, 0.05) is 22.1 Å². The lowest BCUT2D eigenvalue weighted by atomic mass is 9.76. The Morgan fingerprint density at radius 3 is 1.96 bits per heavy atom. The molecular formula is C44H36ClN. The van der Waals surface area contributed by atoms with Crippen LogP contribution in [0.3, 0.4) is 0 Å². The molecule has 7 rings (SSSR count). The maximum atomic E-state index is 6.93. The van der Waals surface area contributed by atoms with Crippen LogP contribution < -0.4 is 4.90 Å². The Bertz CT molecular complexity index is 2050. The van der Waals surface area contributed by atoms with Crippen LogP contribution in [0.5, 0.6) is 0 Å². The minimum atomic E-state index is -0.0507. The van der Waals surface area contributed by atoms with Crippen molar-refractivity contribution in [2.45, 2.75) is 25.7 Å². The summed E-state index contributed by atoms with van der Waals surface area (Å²) in [5, 5.41) is 0.687. The van der Waals surface area contributed by atoms with Crippen LogP contribution in [-0.2, 0) is 5.41 Å². The molecule has 0 aliphatic heterocycles. The number of benzene rings is 6. The van der Waals surface area contributed by atoms with Crippen molar-refractivity contribution in [2.75, 3.05) is 4.90 Å². The van der Waals surface area contributed by atoms with Crippen LogP contribution in [0.25, 0.3) is 33.9 Å². The quantitative estimate of drug-likeness (QED) is 0.187. The molecule has 0 fully saturated rings. The van der Waals surface area contributed by atoms with E-state index >= 15 is 0 Å².